The maximum absolute atomic E-state index is 13.1. The highest BCUT2D eigenvalue weighted by Crippen LogP contribution is 2.45. The number of esters is 4. The number of phosphoric ester groups is 2. The molecule has 101 heavy (non-hydrogen) atoms. The van der Waals surface area contributed by atoms with Crippen LogP contribution in [0.15, 0.2) is 0 Å². The molecule has 19 heteroatoms. The summed E-state index contributed by atoms with van der Waals surface area (Å²) in [5.74, 6) is 1.05. The lowest BCUT2D eigenvalue weighted by Gasteiger charge is -2.21. The molecule has 0 saturated carbocycles. The van der Waals surface area contributed by atoms with Crippen LogP contribution in [-0.2, 0) is 65.4 Å². The van der Waals surface area contributed by atoms with Gasteiger partial charge in [0, 0.05) is 25.7 Å². The minimum absolute atomic E-state index is 0.102. The van der Waals surface area contributed by atoms with E-state index in [2.05, 4.69) is 55.4 Å². The average Bonchev–Trinajstić information content (AvgIpc) is 0.965. The molecule has 0 fully saturated rings. The predicted molar refractivity (Wildman–Crippen MR) is 414 cm³/mol. The molecule has 0 aliphatic rings. The maximum atomic E-state index is 13.1. The molecule has 600 valence electrons. The largest absolute Gasteiger partial charge is 0.472 e. The Balaban J connectivity index is 5.20. The van der Waals surface area contributed by atoms with Crippen LogP contribution in [0.3, 0.4) is 0 Å². The number of ether oxygens (including phenoxy) is 4. The standard InChI is InChI=1S/C82H160O17P2/c1-9-73(6)59-51-43-35-28-24-20-16-14-12-13-15-17-22-26-30-37-46-54-62-79(84)92-68-77(98-81(86)64-56-48-39-31-27-23-19-18-21-25-29-36-44-52-60-74(7)10-2)70-96-100(88,89)94-66-76(83)67-95-101(90,91)97-71-78(99-82(87)65-57-49-41-40-45-53-61-75(8)11-3)69-93-80(85)63-55-47-38-33-32-34-42-50-58-72(4)5/h72-78,83H,9-71H2,1-8H3,(H,88,89)(H,90,91)/t73?,74?,75?,76?,77-,78-/m1/s1. The summed E-state index contributed by atoms with van der Waals surface area (Å²) in [4.78, 5) is 73.0. The minimum atomic E-state index is -4.96. The van der Waals surface area contributed by atoms with Gasteiger partial charge >= 0.3 is 39.5 Å². The van der Waals surface area contributed by atoms with Crippen LogP contribution in [0.25, 0.3) is 0 Å². The van der Waals surface area contributed by atoms with E-state index in [0.717, 1.165) is 114 Å². The van der Waals surface area contributed by atoms with Crippen molar-refractivity contribution < 1.29 is 80.2 Å². The van der Waals surface area contributed by atoms with Gasteiger partial charge in [-0.25, -0.2) is 9.13 Å². The van der Waals surface area contributed by atoms with E-state index < -0.39 is 97.5 Å². The normalized spacial score (nSPS) is 14.8. The Morgan fingerprint density at radius 2 is 0.475 bits per heavy atom. The molecule has 0 aromatic carbocycles. The van der Waals surface area contributed by atoms with Crippen molar-refractivity contribution >= 4 is 39.5 Å². The van der Waals surface area contributed by atoms with Gasteiger partial charge in [-0.3, -0.25) is 37.3 Å². The lowest BCUT2D eigenvalue weighted by atomic mass is 9.99. The Kier molecular flexibility index (Phi) is 69.6. The second-order valence-corrected chi connectivity index (χ2v) is 33.6. The van der Waals surface area contributed by atoms with Crippen LogP contribution in [0.1, 0.15) is 421 Å². The summed E-state index contributed by atoms with van der Waals surface area (Å²) in [6.07, 6.45) is 58.4. The molecule has 0 aromatic heterocycles. The highest BCUT2D eigenvalue weighted by Gasteiger charge is 2.30. The van der Waals surface area contributed by atoms with Crippen molar-refractivity contribution in [3.8, 4) is 0 Å². The number of aliphatic hydroxyl groups excluding tert-OH is 1. The molecule has 0 radical (unpaired) electrons. The number of hydrogen-bond acceptors (Lipinski definition) is 15. The third-order valence-electron chi connectivity index (χ3n) is 20.2. The van der Waals surface area contributed by atoms with Gasteiger partial charge in [0.1, 0.15) is 19.3 Å². The molecule has 17 nitrogen and oxygen atoms in total. The first-order valence-corrected chi connectivity index (χ1v) is 45.3. The molecule has 0 aliphatic heterocycles. The predicted octanol–water partition coefficient (Wildman–Crippen LogP) is 24.4. The molecule has 6 unspecified atom stereocenters. The van der Waals surface area contributed by atoms with Crippen LogP contribution in [-0.4, -0.2) is 96.7 Å². The zero-order chi connectivity index (χ0) is 74.6. The summed E-state index contributed by atoms with van der Waals surface area (Å²) >= 11 is 0. The molecular formula is C82H160O17P2. The third kappa shape index (κ3) is 72.1. The number of carbonyl (C=O) groups excluding carboxylic acids is 4. The Hall–Kier alpha value is -1.94. The topological polar surface area (TPSA) is 237 Å². The quantitative estimate of drug-likeness (QED) is 0.0222. The van der Waals surface area contributed by atoms with Gasteiger partial charge in [0.05, 0.1) is 26.4 Å². The fourth-order valence-electron chi connectivity index (χ4n) is 12.5. The van der Waals surface area contributed by atoms with Crippen LogP contribution in [0.5, 0.6) is 0 Å². The molecule has 0 aliphatic carbocycles. The fourth-order valence-corrected chi connectivity index (χ4v) is 14.1. The van der Waals surface area contributed by atoms with E-state index >= 15 is 0 Å². The average molecular weight is 1480 g/mol. The van der Waals surface area contributed by atoms with Crippen molar-refractivity contribution in [2.45, 2.75) is 440 Å². The van der Waals surface area contributed by atoms with Crippen molar-refractivity contribution in [1.29, 1.82) is 0 Å². The van der Waals surface area contributed by atoms with E-state index in [-0.39, 0.29) is 25.7 Å². The molecular weight excluding hydrogens is 1320 g/mol. The number of phosphoric acid groups is 2. The minimum Gasteiger partial charge on any atom is -0.462 e. The van der Waals surface area contributed by atoms with Gasteiger partial charge in [-0.2, -0.15) is 0 Å². The SMILES string of the molecule is CCC(C)CCCCCCCCCCCCCCCCCCCCC(=O)OC[C@H](COP(=O)(O)OCC(O)COP(=O)(O)OC[C@@H](COC(=O)CCCCCCCCCCC(C)C)OC(=O)CCCCCCCCC(C)CC)OC(=O)CCCCCCCCCCCCCCCCC(C)CC. The van der Waals surface area contributed by atoms with E-state index in [1.165, 1.54) is 225 Å². The molecule has 3 N–H and O–H groups in total. The lowest BCUT2D eigenvalue weighted by molar-refractivity contribution is -0.161. The van der Waals surface area contributed by atoms with Gasteiger partial charge in [0.25, 0.3) is 0 Å². The number of aliphatic hydroxyl groups is 1. The van der Waals surface area contributed by atoms with E-state index in [9.17, 15) is 43.2 Å². The number of hydrogen-bond donors (Lipinski definition) is 3. The van der Waals surface area contributed by atoms with Crippen molar-refractivity contribution in [3.63, 3.8) is 0 Å². The van der Waals surface area contributed by atoms with Gasteiger partial charge in [-0.1, -0.05) is 370 Å². The fraction of sp³-hybridized carbons (Fsp3) is 0.951. The molecule has 0 bridgehead atoms. The number of unbranched alkanes of at least 4 members (excludes halogenated alkanes) is 42. The highest BCUT2D eigenvalue weighted by atomic mass is 31.2. The van der Waals surface area contributed by atoms with Gasteiger partial charge < -0.3 is 33.8 Å². The first kappa shape index (κ1) is 99.1. The molecule has 0 aromatic rings. The van der Waals surface area contributed by atoms with Crippen LogP contribution in [0, 0.1) is 23.7 Å². The monoisotopic (exact) mass is 1480 g/mol. The van der Waals surface area contributed by atoms with Crippen LogP contribution in [0.4, 0.5) is 0 Å². The Morgan fingerprint density at radius 3 is 0.703 bits per heavy atom. The van der Waals surface area contributed by atoms with Crippen molar-refractivity contribution in [2.75, 3.05) is 39.6 Å². The van der Waals surface area contributed by atoms with Crippen molar-refractivity contribution in [2.24, 2.45) is 23.7 Å². The highest BCUT2D eigenvalue weighted by molar-refractivity contribution is 7.47. The van der Waals surface area contributed by atoms with E-state index in [1.54, 1.807) is 0 Å². The molecule has 0 spiro atoms. The summed E-state index contributed by atoms with van der Waals surface area (Å²) in [6.45, 7) is 14.3. The Morgan fingerprint density at radius 1 is 0.277 bits per heavy atom. The summed E-state index contributed by atoms with van der Waals surface area (Å²) in [6, 6.07) is 0. The molecule has 0 rings (SSSR count). The zero-order valence-electron chi connectivity index (χ0n) is 66.5. The maximum Gasteiger partial charge on any atom is 0.472 e. The second kappa shape index (κ2) is 71.0. The van der Waals surface area contributed by atoms with Crippen molar-refractivity contribution in [1.82, 2.24) is 0 Å². The van der Waals surface area contributed by atoms with Crippen molar-refractivity contribution in [3.05, 3.63) is 0 Å². The molecule has 0 amide bonds. The van der Waals surface area contributed by atoms with Crippen LogP contribution < -0.4 is 0 Å². The van der Waals surface area contributed by atoms with Gasteiger partial charge in [-0.15, -0.1) is 0 Å². The van der Waals surface area contributed by atoms with E-state index in [4.69, 9.17) is 37.0 Å². The van der Waals surface area contributed by atoms with Crippen LogP contribution >= 0.6 is 15.6 Å². The lowest BCUT2D eigenvalue weighted by Crippen LogP contribution is -2.30. The second-order valence-electron chi connectivity index (χ2n) is 30.7. The molecule has 0 saturated heterocycles. The summed E-state index contributed by atoms with van der Waals surface area (Å²) in [7, 11) is -9.92. The Labute approximate surface area is 619 Å². The summed E-state index contributed by atoms with van der Waals surface area (Å²) < 4.78 is 68.7. The first-order valence-electron chi connectivity index (χ1n) is 42.3. The Bertz CT molecular complexity index is 1980. The van der Waals surface area contributed by atoms with Gasteiger partial charge in [-0.05, 0) is 49.4 Å². The first-order chi connectivity index (χ1) is 48.7. The summed E-state index contributed by atoms with van der Waals surface area (Å²) in [5.41, 5.74) is 0. The van der Waals surface area contributed by atoms with E-state index in [0.29, 0.717) is 25.7 Å². The molecule has 0 heterocycles. The molecule has 8 atom stereocenters. The smallest absolute Gasteiger partial charge is 0.462 e. The van der Waals surface area contributed by atoms with Gasteiger partial charge in [0.2, 0.25) is 0 Å². The zero-order valence-corrected chi connectivity index (χ0v) is 68.3. The number of rotatable bonds is 79. The van der Waals surface area contributed by atoms with Crippen LogP contribution in [0.2, 0.25) is 0 Å². The summed E-state index contributed by atoms with van der Waals surface area (Å²) in [5, 5.41) is 10.6. The van der Waals surface area contributed by atoms with E-state index in [1.807, 2.05) is 0 Å². The van der Waals surface area contributed by atoms with Gasteiger partial charge in [0.15, 0.2) is 12.2 Å². The third-order valence-corrected chi connectivity index (χ3v) is 22.1. The number of carbonyl (C=O) groups is 4.